The Kier molecular flexibility index (Phi) is 3.51. The fourth-order valence-corrected chi connectivity index (χ4v) is 2.08. The molecule has 1 aromatic carbocycles. The molecule has 86 valence electrons. The second-order valence-electron chi connectivity index (χ2n) is 3.95. The van der Waals surface area contributed by atoms with Crippen LogP contribution in [0.25, 0.3) is 0 Å². The first kappa shape index (κ1) is 11.5. The number of benzene rings is 1. The summed E-state index contributed by atoms with van der Waals surface area (Å²) in [6.45, 7) is 3.90. The molecule has 4 heteroatoms. The zero-order valence-corrected chi connectivity index (χ0v) is 10.1. The van der Waals surface area contributed by atoms with Crippen LogP contribution in [0.5, 0.6) is 0 Å². The van der Waals surface area contributed by atoms with E-state index in [-0.39, 0.29) is 12.0 Å². The Morgan fingerprint density at radius 3 is 2.94 bits per heavy atom. The van der Waals surface area contributed by atoms with Crippen molar-refractivity contribution in [3.05, 3.63) is 29.8 Å². The van der Waals surface area contributed by atoms with Gasteiger partial charge in [-0.3, -0.25) is 4.79 Å². The first-order valence-electron chi connectivity index (χ1n) is 5.37. The van der Waals surface area contributed by atoms with Crippen molar-refractivity contribution >= 4 is 18.5 Å². The van der Waals surface area contributed by atoms with Gasteiger partial charge in [0, 0.05) is 18.0 Å². The van der Waals surface area contributed by atoms with Crippen LogP contribution in [-0.4, -0.2) is 36.6 Å². The Hall–Kier alpha value is -1.00. The van der Waals surface area contributed by atoms with Gasteiger partial charge in [0.1, 0.15) is 0 Å². The predicted octanol–water partition coefficient (Wildman–Crippen LogP) is 1.84. The minimum atomic E-state index is 0.0424. The van der Waals surface area contributed by atoms with E-state index in [2.05, 4.69) is 12.6 Å². The lowest BCUT2D eigenvalue weighted by atomic mass is 10.2. The molecular formula is C12H15NO2S. The summed E-state index contributed by atoms with van der Waals surface area (Å²) in [6.07, 6.45) is 0.116. The lowest BCUT2D eigenvalue weighted by Crippen LogP contribution is -2.44. The fourth-order valence-electron chi connectivity index (χ4n) is 1.83. The predicted molar refractivity (Wildman–Crippen MR) is 65.0 cm³/mol. The van der Waals surface area contributed by atoms with Gasteiger partial charge >= 0.3 is 0 Å². The van der Waals surface area contributed by atoms with Crippen LogP contribution in [0.2, 0.25) is 0 Å². The summed E-state index contributed by atoms with van der Waals surface area (Å²) in [5.74, 6) is 0.0424. The van der Waals surface area contributed by atoms with Gasteiger partial charge in [0.2, 0.25) is 0 Å². The third kappa shape index (κ3) is 2.39. The second-order valence-corrected chi connectivity index (χ2v) is 4.43. The average Bonchev–Trinajstić information content (AvgIpc) is 2.29. The van der Waals surface area contributed by atoms with Crippen LogP contribution in [0.3, 0.4) is 0 Å². The number of rotatable bonds is 1. The average molecular weight is 237 g/mol. The van der Waals surface area contributed by atoms with Crippen molar-refractivity contribution < 1.29 is 9.53 Å². The number of carbonyl (C=O) groups excluding carboxylic acids is 1. The summed E-state index contributed by atoms with van der Waals surface area (Å²) >= 11 is 4.30. The number of hydrogen-bond acceptors (Lipinski definition) is 3. The maximum atomic E-state index is 12.2. The molecule has 0 aromatic heterocycles. The summed E-state index contributed by atoms with van der Waals surface area (Å²) in [7, 11) is 0. The van der Waals surface area contributed by atoms with Crippen molar-refractivity contribution in [2.45, 2.75) is 17.9 Å². The van der Waals surface area contributed by atoms with E-state index in [9.17, 15) is 4.79 Å². The zero-order valence-electron chi connectivity index (χ0n) is 9.22. The summed E-state index contributed by atoms with van der Waals surface area (Å²) in [5, 5.41) is 0. The number of morpholine rings is 1. The SMILES string of the molecule is CC1CN(C(=O)c2ccccc2S)CCO1. The maximum Gasteiger partial charge on any atom is 0.255 e. The molecule has 1 heterocycles. The van der Waals surface area contributed by atoms with Gasteiger partial charge in [-0.05, 0) is 19.1 Å². The lowest BCUT2D eigenvalue weighted by molar-refractivity contribution is -0.0125. The van der Waals surface area contributed by atoms with Gasteiger partial charge in [-0.25, -0.2) is 0 Å². The largest absolute Gasteiger partial charge is 0.375 e. The van der Waals surface area contributed by atoms with Crippen LogP contribution in [-0.2, 0) is 4.74 Å². The molecule has 0 radical (unpaired) electrons. The quantitative estimate of drug-likeness (QED) is 0.755. The fraction of sp³-hybridized carbons (Fsp3) is 0.417. The minimum absolute atomic E-state index is 0.0424. The molecule has 1 unspecified atom stereocenters. The standard InChI is InChI=1S/C12H15NO2S/c1-9-8-13(6-7-15-9)12(14)10-4-2-3-5-11(10)16/h2-5,9,16H,6-8H2,1H3. The highest BCUT2D eigenvalue weighted by Gasteiger charge is 2.23. The van der Waals surface area contributed by atoms with Crippen LogP contribution in [0.15, 0.2) is 29.2 Å². The van der Waals surface area contributed by atoms with Gasteiger partial charge in [0.05, 0.1) is 18.3 Å². The van der Waals surface area contributed by atoms with Crippen LogP contribution in [0.1, 0.15) is 17.3 Å². The van der Waals surface area contributed by atoms with Crippen LogP contribution < -0.4 is 0 Å². The van der Waals surface area contributed by atoms with Crippen molar-refractivity contribution in [1.82, 2.24) is 4.90 Å². The Labute approximate surface area is 101 Å². The summed E-state index contributed by atoms with van der Waals surface area (Å²) in [5.41, 5.74) is 0.667. The van der Waals surface area contributed by atoms with Crippen molar-refractivity contribution in [2.24, 2.45) is 0 Å². The number of amides is 1. The number of hydrogen-bond donors (Lipinski definition) is 1. The molecule has 0 spiro atoms. The van der Waals surface area contributed by atoms with Gasteiger partial charge in [-0.2, -0.15) is 0 Å². The summed E-state index contributed by atoms with van der Waals surface area (Å²) in [6, 6.07) is 7.38. The number of carbonyl (C=O) groups is 1. The second kappa shape index (κ2) is 4.89. The molecule has 2 rings (SSSR count). The summed E-state index contributed by atoms with van der Waals surface area (Å²) < 4.78 is 5.41. The Morgan fingerprint density at radius 1 is 1.50 bits per heavy atom. The molecule has 1 saturated heterocycles. The van der Waals surface area contributed by atoms with Gasteiger partial charge in [-0.15, -0.1) is 12.6 Å². The van der Waals surface area contributed by atoms with Crippen LogP contribution in [0.4, 0.5) is 0 Å². The Bertz CT molecular complexity index is 394. The highest BCUT2D eigenvalue weighted by atomic mass is 32.1. The number of nitrogens with zero attached hydrogens (tertiary/aromatic N) is 1. The molecule has 0 N–H and O–H groups in total. The molecule has 3 nitrogen and oxygen atoms in total. The normalized spacial score (nSPS) is 20.9. The third-order valence-corrected chi connectivity index (χ3v) is 3.05. The van der Waals surface area contributed by atoms with Crippen LogP contribution in [0, 0.1) is 0 Å². The molecule has 1 aromatic rings. The Balaban J connectivity index is 2.16. The highest BCUT2D eigenvalue weighted by molar-refractivity contribution is 7.80. The van der Waals surface area contributed by atoms with E-state index in [4.69, 9.17) is 4.74 Å². The van der Waals surface area contributed by atoms with Crippen molar-refractivity contribution in [1.29, 1.82) is 0 Å². The van der Waals surface area contributed by atoms with E-state index >= 15 is 0 Å². The minimum Gasteiger partial charge on any atom is -0.375 e. The van der Waals surface area contributed by atoms with Crippen molar-refractivity contribution in [3.63, 3.8) is 0 Å². The molecule has 1 fully saturated rings. The van der Waals surface area contributed by atoms with E-state index in [1.165, 1.54) is 0 Å². The number of ether oxygens (including phenoxy) is 1. The van der Waals surface area contributed by atoms with E-state index < -0.39 is 0 Å². The van der Waals surface area contributed by atoms with Crippen molar-refractivity contribution in [3.8, 4) is 0 Å². The van der Waals surface area contributed by atoms with Gasteiger partial charge in [-0.1, -0.05) is 12.1 Å². The van der Waals surface area contributed by atoms with E-state index in [1.54, 1.807) is 0 Å². The van der Waals surface area contributed by atoms with Gasteiger partial charge in [0.25, 0.3) is 5.91 Å². The van der Waals surface area contributed by atoms with Gasteiger partial charge < -0.3 is 9.64 Å². The molecule has 0 bridgehead atoms. The molecule has 1 atom stereocenters. The molecule has 16 heavy (non-hydrogen) atoms. The molecule has 0 saturated carbocycles. The molecular weight excluding hydrogens is 222 g/mol. The van der Waals surface area contributed by atoms with Gasteiger partial charge in [0.15, 0.2) is 0 Å². The molecule has 1 aliphatic rings. The molecule has 1 amide bonds. The van der Waals surface area contributed by atoms with E-state index in [0.717, 1.165) is 4.90 Å². The molecule has 1 aliphatic heterocycles. The van der Waals surface area contributed by atoms with E-state index in [1.807, 2.05) is 36.1 Å². The Morgan fingerprint density at radius 2 is 2.25 bits per heavy atom. The zero-order chi connectivity index (χ0) is 11.5. The molecule has 0 aliphatic carbocycles. The highest BCUT2D eigenvalue weighted by Crippen LogP contribution is 2.17. The topological polar surface area (TPSA) is 29.5 Å². The first-order valence-corrected chi connectivity index (χ1v) is 5.82. The number of thiol groups is 1. The van der Waals surface area contributed by atoms with E-state index in [0.29, 0.717) is 25.3 Å². The summed E-state index contributed by atoms with van der Waals surface area (Å²) in [4.78, 5) is 14.7. The maximum absolute atomic E-state index is 12.2. The monoisotopic (exact) mass is 237 g/mol. The smallest absolute Gasteiger partial charge is 0.255 e. The van der Waals surface area contributed by atoms with Crippen molar-refractivity contribution in [2.75, 3.05) is 19.7 Å². The van der Waals surface area contributed by atoms with Crippen LogP contribution >= 0.6 is 12.6 Å². The lowest BCUT2D eigenvalue weighted by Gasteiger charge is -2.31. The first-order chi connectivity index (χ1) is 7.68. The third-order valence-electron chi connectivity index (χ3n) is 2.66.